The Morgan fingerprint density at radius 1 is 1.50 bits per heavy atom. The molecule has 0 spiro atoms. The largest absolute Gasteiger partial charge is 0.345 e. The van der Waals surface area contributed by atoms with Crippen molar-refractivity contribution in [2.45, 2.75) is 19.8 Å². The van der Waals surface area contributed by atoms with Crippen LogP contribution in [0.3, 0.4) is 0 Å². The molecule has 0 radical (unpaired) electrons. The summed E-state index contributed by atoms with van der Waals surface area (Å²) in [5, 5.41) is 6.56. The van der Waals surface area contributed by atoms with Crippen molar-refractivity contribution in [3.05, 3.63) is 34.2 Å². The number of anilines is 1. The first-order chi connectivity index (χ1) is 8.47. The van der Waals surface area contributed by atoms with Crippen LogP contribution >= 0.6 is 15.9 Å². The minimum absolute atomic E-state index is 0.227. The van der Waals surface area contributed by atoms with Crippen molar-refractivity contribution < 1.29 is 9.32 Å². The molecule has 0 aromatic carbocycles. The SMILES string of the molecule is CC(C)c1cc(NC(=O)c2cc(Br)cn2C)on1. The van der Waals surface area contributed by atoms with Gasteiger partial charge in [0.05, 0.1) is 5.69 Å². The monoisotopic (exact) mass is 311 g/mol. The van der Waals surface area contributed by atoms with E-state index >= 15 is 0 Å². The Labute approximate surface area is 113 Å². The van der Waals surface area contributed by atoms with Gasteiger partial charge in [-0.25, -0.2) is 0 Å². The lowest BCUT2D eigenvalue weighted by Crippen LogP contribution is -2.14. The minimum atomic E-state index is -0.227. The number of nitrogens with one attached hydrogen (secondary N) is 1. The summed E-state index contributed by atoms with van der Waals surface area (Å²) in [6.45, 7) is 4.02. The number of nitrogens with zero attached hydrogens (tertiary/aromatic N) is 2. The summed E-state index contributed by atoms with van der Waals surface area (Å²) in [5.74, 6) is 0.402. The van der Waals surface area contributed by atoms with E-state index < -0.39 is 0 Å². The number of aromatic nitrogens is 2. The summed E-state index contributed by atoms with van der Waals surface area (Å²) in [7, 11) is 1.81. The highest BCUT2D eigenvalue weighted by atomic mass is 79.9. The van der Waals surface area contributed by atoms with Crippen molar-refractivity contribution in [1.82, 2.24) is 9.72 Å². The molecule has 2 aromatic rings. The molecule has 1 amide bonds. The van der Waals surface area contributed by atoms with Crippen molar-refractivity contribution in [1.29, 1.82) is 0 Å². The maximum atomic E-state index is 12.0. The summed E-state index contributed by atoms with van der Waals surface area (Å²) >= 11 is 3.32. The van der Waals surface area contributed by atoms with E-state index in [-0.39, 0.29) is 11.8 Å². The first-order valence-corrected chi connectivity index (χ1v) is 6.36. The second-order valence-corrected chi connectivity index (χ2v) is 5.29. The lowest BCUT2D eigenvalue weighted by atomic mass is 10.1. The molecule has 2 aromatic heterocycles. The number of rotatable bonds is 3. The summed E-state index contributed by atoms with van der Waals surface area (Å²) in [5.41, 5.74) is 1.36. The maximum absolute atomic E-state index is 12.0. The highest BCUT2D eigenvalue weighted by Gasteiger charge is 2.14. The number of hydrogen-bond donors (Lipinski definition) is 1. The van der Waals surface area contributed by atoms with Gasteiger partial charge in [0.2, 0.25) is 5.88 Å². The second-order valence-electron chi connectivity index (χ2n) is 4.38. The molecular weight excluding hydrogens is 298 g/mol. The molecule has 0 atom stereocenters. The Hall–Kier alpha value is -1.56. The van der Waals surface area contributed by atoms with Crippen molar-refractivity contribution in [2.75, 3.05) is 5.32 Å². The Bertz CT molecular complexity index is 572. The van der Waals surface area contributed by atoms with E-state index in [0.29, 0.717) is 11.6 Å². The van der Waals surface area contributed by atoms with Crippen molar-refractivity contribution in [3.63, 3.8) is 0 Å². The molecule has 0 unspecified atom stereocenters. The zero-order valence-electron chi connectivity index (χ0n) is 10.4. The van der Waals surface area contributed by atoms with Gasteiger partial charge in [0.25, 0.3) is 5.91 Å². The van der Waals surface area contributed by atoms with Crippen molar-refractivity contribution >= 4 is 27.7 Å². The normalized spacial score (nSPS) is 10.9. The minimum Gasteiger partial charge on any atom is -0.345 e. The molecule has 0 saturated heterocycles. The molecule has 0 aliphatic heterocycles. The van der Waals surface area contributed by atoms with E-state index in [9.17, 15) is 4.79 Å². The van der Waals surface area contributed by atoms with Crippen LogP contribution in [0.25, 0.3) is 0 Å². The smallest absolute Gasteiger partial charge is 0.274 e. The molecule has 2 heterocycles. The van der Waals surface area contributed by atoms with E-state index in [4.69, 9.17) is 4.52 Å². The number of halogens is 1. The Kier molecular flexibility index (Phi) is 3.56. The van der Waals surface area contributed by atoms with Gasteiger partial charge in [-0.15, -0.1) is 0 Å². The maximum Gasteiger partial charge on any atom is 0.274 e. The topological polar surface area (TPSA) is 60.1 Å². The van der Waals surface area contributed by atoms with Gasteiger partial charge in [0.15, 0.2) is 0 Å². The van der Waals surface area contributed by atoms with Crippen LogP contribution in [0.1, 0.15) is 35.9 Å². The Morgan fingerprint density at radius 2 is 2.22 bits per heavy atom. The van der Waals surface area contributed by atoms with E-state index in [0.717, 1.165) is 10.2 Å². The van der Waals surface area contributed by atoms with Crippen LogP contribution in [-0.4, -0.2) is 15.6 Å². The number of hydrogen-bond acceptors (Lipinski definition) is 3. The van der Waals surface area contributed by atoms with Crippen LogP contribution in [0.5, 0.6) is 0 Å². The third kappa shape index (κ3) is 2.64. The average Bonchev–Trinajstić information content (AvgIpc) is 2.85. The van der Waals surface area contributed by atoms with Crippen LogP contribution in [-0.2, 0) is 7.05 Å². The third-order valence-electron chi connectivity index (χ3n) is 2.56. The predicted octanol–water partition coefficient (Wildman–Crippen LogP) is 3.15. The van der Waals surface area contributed by atoms with E-state index in [1.54, 1.807) is 23.7 Å². The molecule has 6 heteroatoms. The number of carbonyl (C=O) groups is 1. The van der Waals surface area contributed by atoms with Crippen LogP contribution in [0.15, 0.2) is 27.3 Å². The van der Waals surface area contributed by atoms with Gasteiger partial charge in [-0.1, -0.05) is 19.0 Å². The van der Waals surface area contributed by atoms with Crippen LogP contribution in [0.2, 0.25) is 0 Å². The Morgan fingerprint density at radius 3 is 2.72 bits per heavy atom. The lowest BCUT2D eigenvalue weighted by Gasteiger charge is -2.01. The quantitative estimate of drug-likeness (QED) is 0.947. The Balaban J connectivity index is 2.13. The molecule has 2 rings (SSSR count). The first-order valence-electron chi connectivity index (χ1n) is 5.57. The van der Waals surface area contributed by atoms with E-state index in [2.05, 4.69) is 26.4 Å². The predicted molar refractivity (Wildman–Crippen MR) is 71.7 cm³/mol. The van der Waals surface area contributed by atoms with Crippen LogP contribution < -0.4 is 5.32 Å². The van der Waals surface area contributed by atoms with Crippen molar-refractivity contribution in [3.8, 4) is 0 Å². The van der Waals surface area contributed by atoms with E-state index in [1.807, 2.05) is 20.0 Å². The van der Waals surface area contributed by atoms with E-state index in [1.165, 1.54) is 0 Å². The molecule has 1 N–H and O–H groups in total. The molecule has 0 fully saturated rings. The summed E-state index contributed by atoms with van der Waals surface area (Å²) < 4.78 is 7.65. The van der Waals surface area contributed by atoms with Crippen LogP contribution in [0.4, 0.5) is 5.88 Å². The summed E-state index contributed by atoms with van der Waals surface area (Å²) in [6, 6.07) is 3.48. The van der Waals surface area contributed by atoms with Gasteiger partial charge in [0.1, 0.15) is 5.69 Å². The van der Waals surface area contributed by atoms with Gasteiger partial charge in [-0.2, -0.15) is 0 Å². The first kappa shape index (κ1) is 12.9. The fourth-order valence-electron chi connectivity index (χ4n) is 1.55. The molecule has 18 heavy (non-hydrogen) atoms. The van der Waals surface area contributed by atoms with Crippen LogP contribution in [0, 0.1) is 0 Å². The fourth-order valence-corrected chi connectivity index (χ4v) is 2.07. The summed E-state index contributed by atoms with van der Waals surface area (Å²) in [4.78, 5) is 12.0. The molecule has 0 aliphatic rings. The second kappa shape index (κ2) is 4.97. The average molecular weight is 312 g/mol. The van der Waals surface area contributed by atoms with Crippen molar-refractivity contribution in [2.24, 2.45) is 7.05 Å². The molecule has 0 saturated carbocycles. The van der Waals surface area contributed by atoms with Gasteiger partial charge >= 0.3 is 0 Å². The number of amides is 1. The van der Waals surface area contributed by atoms with Gasteiger partial charge < -0.3 is 9.09 Å². The standard InChI is InChI=1S/C12H14BrN3O2/c1-7(2)9-5-11(18-15-9)14-12(17)10-4-8(13)6-16(10)3/h4-7H,1-3H3,(H,14,17). The molecular formula is C12H14BrN3O2. The fraction of sp³-hybridized carbons (Fsp3) is 0.333. The molecule has 0 bridgehead atoms. The highest BCUT2D eigenvalue weighted by Crippen LogP contribution is 2.19. The molecule has 0 aliphatic carbocycles. The lowest BCUT2D eigenvalue weighted by molar-refractivity contribution is 0.101. The zero-order valence-corrected chi connectivity index (χ0v) is 12.0. The molecule has 5 nitrogen and oxygen atoms in total. The third-order valence-corrected chi connectivity index (χ3v) is 2.99. The summed E-state index contributed by atoms with van der Waals surface area (Å²) in [6.07, 6.45) is 1.81. The zero-order chi connectivity index (χ0) is 13.3. The number of aryl methyl sites for hydroxylation is 1. The highest BCUT2D eigenvalue weighted by molar-refractivity contribution is 9.10. The van der Waals surface area contributed by atoms with Gasteiger partial charge in [-0.05, 0) is 27.9 Å². The number of carbonyl (C=O) groups excluding carboxylic acids is 1. The molecule has 96 valence electrons. The van der Waals surface area contributed by atoms with Gasteiger partial charge in [0, 0.05) is 23.8 Å². The van der Waals surface area contributed by atoms with Gasteiger partial charge in [-0.3, -0.25) is 10.1 Å².